The Balaban J connectivity index is 2.61. The number of carbonyl (C=O) groups excluding carboxylic acids is 1. The van der Waals surface area contributed by atoms with Crippen molar-refractivity contribution in [3.05, 3.63) is 29.8 Å². The van der Waals surface area contributed by atoms with Gasteiger partial charge in [-0.3, -0.25) is 4.21 Å². The van der Waals surface area contributed by atoms with Gasteiger partial charge < -0.3 is 4.74 Å². The van der Waals surface area contributed by atoms with Gasteiger partial charge in [-0.15, -0.1) is 0 Å². The van der Waals surface area contributed by atoms with Crippen molar-refractivity contribution < 1.29 is 13.7 Å². The van der Waals surface area contributed by atoms with E-state index in [0.29, 0.717) is 22.8 Å². The highest BCUT2D eigenvalue weighted by atomic mass is 32.2. The molecule has 0 spiro atoms. The van der Waals surface area contributed by atoms with Crippen LogP contribution in [0.25, 0.3) is 0 Å². The van der Waals surface area contributed by atoms with Crippen molar-refractivity contribution in [1.29, 1.82) is 0 Å². The van der Waals surface area contributed by atoms with Crippen molar-refractivity contribution in [3.63, 3.8) is 0 Å². The second-order valence-electron chi connectivity index (χ2n) is 4.74. The van der Waals surface area contributed by atoms with Crippen molar-refractivity contribution in [2.24, 2.45) is 0 Å². The fourth-order valence-electron chi connectivity index (χ4n) is 1.90. The summed E-state index contributed by atoms with van der Waals surface area (Å²) in [7, 11) is -1.13. The predicted molar refractivity (Wildman–Crippen MR) is 82.4 cm³/mol. The molecule has 0 saturated carbocycles. The lowest BCUT2D eigenvalue weighted by molar-refractivity contribution is 0.0493. The van der Waals surface area contributed by atoms with Gasteiger partial charge in [0.15, 0.2) is 0 Å². The van der Waals surface area contributed by atoms with E-state index in [0.717, 1.165) is 32.1 Å². The molecule has 0 N–H and O–H groups in total. The molecule has 1 aromatic rings. The molecule has 0 radical (unpaired) electrons. The first-order chi connectivity index (χ1) is 9.70. The van der Waals surface area contributed by atoms with Crippen LogP contribution < -0.4 is 0 Å². The highest BCUT2D eigenvalue weighted by molar-refractivity contribution is 7.85. The van der Waals surface area contributed by atoms with E-state index in [9.17, 15) is 9.00 Å². The summed E-state index contributed by atoms with van der Waals surface area (Å²) in [6.07, 6.45) is 5.11. The average molecular weight is 296 g/mol. The fraction of sp³-hybridized carbons (Fsp3) is 0.562. The molecule has 0 fully saturated rings. The molecule has 1 aromatic carbocycles. The summed E-state index contributed by atoms with van der Waals surface area (Å²) in [6.45, 7) is 4.56. The van der Waals surface area contributed by atoms with Crippen LogP contribution in [-0.4, -0.2) is 22.5 Å². The van der Waals surface area contributed by atoms with Crippen LogP contribution in [0.4, 0.5) is 0 Å². The van der Waals surface area contributed by atoms with Crippen LogP contribution in [0.1, 0.15) is 56.3 Å². The molecule has 0 aliphatic rings. The van der Waals surface area contributed by atoms with Gasteiger partial charge in [0.05, 0.1) is 27.9 Å². The summed E-state index contributed by atoms with van der Waals surface area (Å²) in [5, 5.41) is 0. The molecule has 0 heterocycles. The number of unbranched alkanes of at least 4 members (excludes halogenated alkanes) is 3. The first-order valence-electron chi connectivity index (χ1n) is 7.35. The van der Waals surface area contributed by atoms with Crippen molar-refractivity contribution >= 4 is 16.8 Å². The third kappa shape index (κ3) is 5.45. The van der Waals surface area contributed by atoms with Gasteiger partial charge in [0.2, 0.25) is 0 Å². The van der Waals surface area contributed by atoms with Crippen molar-refractivity contribution in [1.82, 2.24) is 0 Å². The Morgan fingerprint density at radius 2 is 1.85 bits per heavy atom. The number of benzene rings is 1. The van der Waals surface area contributed by atoms with E-state index in [1.54, 1.807) is 24.3 Å². The van der Waals surface area contributed by atoms with Crippen LogP contribution >= 0.6 is 0 Å². The molecule has 1 atom stereocenters. The van der Waals surface area contributed by atoms with E-state index in [1.165, 1.54) is 0 Å². The summed E-state index contributed by atoms with van der Waals surface area (Å²) in [4.78, 5) is 12.6. The second kappa shape index (κ2) is 9.70. The van der Waals surface area contributed by atoms with Gasteiger partial charge in [0.1, 0.15) is 0 Å². The Bertz CT molecular complexity index is 443. The van der Waals surface area contributed by atoms with Gasteiger partial charge in [-0.25, -0.2) is 4.79 Å². The van der Waals surface area contributed by atoms with Gasteiger partial charge in [0.25, 0.3) is 0 Å². The van der Waals surface area contributed by atoms with E-state index < -0.39 is 10.8 Å². The summed E-state index contributed by atoms with van der Waals surface area (Å²) >= 11 is 0. The van der Waals surface area contributed by atoms with Crippen molar-refractivity contribution in [2.75, 3.05) is 12.4 Å². The molecule has 112 valence electrons. The van der Waals surface area contributed by atoms with Crippen LogP contribution in [0.15, 0.2) is 29.2 Å². The maximum absolute atomic E-state index is 12.1. The first-order valence-corrected chi connectivity index (χ1v) is 8.67. The zero-order valence-electron chi connectivity index (χ0n) is 12.4. The lowest BCUT2D eigenvalue weighted by atomic mass is 10.2. The Labute approximate surface area is 124 Å². The van der Waals surface area contributed by atoms with Gasteiger partial charge in [0, 0.05) is 5.75 Å². The maximum atomic E-state index is 12.1. The molecule has 1 unspecified atom stereocenters. The number of hydrogen-bond acceptors (Lipinski definition) is 3. The fourth-order valence-corrected chi connectivity index (χ4v) is 3.12. The zero-order chi connectivity index (χ0) is 14.8. The van der Waals surface area contributed by atoms with Crippen molar-refractivity contribution in [3.8, 4) is 0 Å². The maximum Gasteiger partial charge on any atom is 0.339 e. The van der Waals surface area contributed by atoms with Gasteiger partial charge in [-0.1, -0.05) is 45.2 Å². The summed E-state index contributed by atoms with van der Waals surface area (Å²) in [5.41, 5.74) is 0.440. The largest absolute Gasteiger partial charge is 0.462 e. The smallest absolute Gasteiger partial charge is 0.339 e. The average Bonchev–Trinajstić information content (AvgIpc) is 2.47. The van der Waals surface area contributed by atoms with E-state index >= 15 is 0 Å². The molecule has 0 amide bonds. The molecule has 4 heteroatoms. The van der Waals surface area contributed by atoms with Crippen LogP contribution in [0, 0.1) is 0 Å². The van der Waals surface area contributed by atoms with Crippen LogP contribution in [0.2, 0.25) is 0 Å². The lowest BCUT2D eigenvalue weighted by Crippen LogP contribution is -2.11. The molecule has 20 heavy (non-hydrogen) atoms. The molecule has 0 bridgehead atoms. The Hall–Kier alpha value is -1.16. The normalized spacial score (nSPS) is 12.1. The van der Waals surface area contributed by atoms with Gasteiger partial charge in [-0.2, -0.15) is 0 Å². The predicted octanol–water partition coefficient (Wildman–Crippen LogP) is 3.94. The molecule has 0 aromatic heterocycles. The van der Waals surface area contributed by atoms with Crippen LogP contribution in [-0.2, 0) is 15.5 Å². The zero-order valence-corrected chi connectivity index (χ0v) is 13.2. The Kier molecular flexibility index (Phi) is 8.19. The summed E-state index contributed by atoms with van der Waals surface area (Å²) in [5.74, 6) is 0.211. The number of ether oxygens (including phenoxy) is 1. The number of carbonyl (C=O) groups is 1. The van der Waals surface area contributed by atoms with E-state index in [-0.39, 0.29) is 5.97 Å². The van der Waals surface area contributed by atoms with Gasteiger partial charge >= 0.3 is 5.97 Å². The number of rotatable bonds is 9. The minimum absolute atomic E-state index is 0.360. The minimum Gasteiger partial charge on any atom is -0.462 e. The molecule has 1 rings (SSSR count). The monoisotopic (exact) mass is 296 g/mol. The topological polar surface area (TPSA) is 43.4 Å². The minimum atomic E-state index is -1.13. The summed E-state index contributed by atoms with van der Waals surface area (Å²) in [6, 6.07) is 7.03. The van der Waals surface area contributed by atoms with E-state index in [2.05, 4.69) is 6.92 Å². The standard InChI is InChI=1S/C16H24O3S/c1-3-5-6-9-12-19-16(17)14-10-7-8-11-15(14)20(18)13-4-2/h7-8,10-11H,3-6,9,12-13H2,1-2H3. The molecule has 0 saturated heterocycles. The SMILES string of the molecule is CCCCCCOC(=O)c1ccccc1S(=O)CCC. The number of esters is 1. The molecular weight excluding hydrogens is 272 g/mol. The van der Waals surface area contributed by atoms with Crippen molar-refractivity contribution in [2.45, 2.75) is 50.8 Å². The Morgan fingerprint density at radius 3 is 2.55 bits per heavy atom. The second-order valence-corrected chi connectivity index (χ2v) is 6.28. The van der Waals surface area contributed by atoms with E-state index in [4.69, 9.17) is 4.74 Å². The highest BCUT2D eigenvalue weighted by Crippen LogP contribution is 2.16. The third-order valence-corrected chi connectivity index (χ3v) is 4.60. The molecule has 0 aliphatic carbocycles. The number of hydrogen-bond donors (Lipinski definition) is 0. The van der Waals surface area contributed by atoms with E-state index in [1.807, 2.05) is 6.92 Å². The molecule has 0 aliphatic heterocycles. The highest BCUT2D eigenvalue weighted by Gasteiger charge is 2.16. The quantitative estimate of drug-likeness (QED) is 0.512. The van der Waals surface area contributed by atoms with Crippen LogP contribution in [0.5, 0.6) is 0 Å². The Morgan fingerprint density at radius 1 is 1.10 bits per heavy atom. The lowest BCUT2D eigenvalue weighted by Gasteiger charge is -2.09. The third-order valence-electron chi connectivity index (χ3n) is 2.97. The van der Waals surface area contributed by atoms with Crippen LogP contribution in [0.3, 0.4) is 0 Å². The molecular formula is C16H24O3S. The first kappa shape index (κ1) is 16.9. The molecule has 3 nitrogen and oxygen atoms in total. The summed E-state index contributed by atoms with van der Waals surface area (Å²) < 4.78 is 17.4. The van der Waals surface area contributed by atoms with Gasteiger partial charge in [-0.05, 0) is 25.0 Å².